The first-order valence-electron chi connectivity index (χ1n) is 5.05. The number of fused-ring (bicyclic) bond motifs is 1. The Bertz CT molecular complexity index is 596. The number of anilines is 2. The van der Waals surface area contributed by atoms with E-state index in [1.165, 1.54) is 11.9 Å². The van der Waals surface area contributed by atoms with Gasteiger partial charge in [-0.2, -0.15) is 4.98 Å². The number of hydrogen-bond donors (Lipinski definition) is 1. The minimum Gasteiger partial charge on any atom is -0.324 e. The second kappa shape index (κ2) is 4.10. The molecule has 84 valence electrons. The molecule has 0 radical (unpaired) electrons. The second-order valence-electron chi connectivity index (χ2n) is 3.59. The van der Waals surface area contributed by atoms with Gasteiger partial charge in [-0.15, -0.1) is 0 Å². The molecule has 0 spiro atoms. The van der Waals surface area contributed by atoms with Gasteiger partial charge >= 0.3 is 0 Å². The van der Waals surface area contributed by atoms with E-state index in [4.69, 9.17) is 11.6 Å². The van der Waals surface area contributed by atoms with Gasteiger partial charge in [0.05, 0.1) is 6.54 Å². The van der Waals surface area contributed by atoms with E-state index in [1.54, 1.807) is 0 Å². The highest BCUT2D eigenvalue weighted by atomic mass is 35.5. The molecule has 1 aliphatic heterocycles. The fourth-order valence-corrected chi connectivity index (χ4v) is 1.77. The molecular formula is C11H8ClN5. The Morgan fingerprint density at radius 1 is 1.24 bits per heavy atom. The summed E-state index contributed by atoms with van der Waals surface area (Å²) in [5.41, 5.74) is 3.25. The number of aromatic nitrogens is 3. The van der Waals surface area contributed by atoms with Gasteiger partial charge in [0, 0.05) is 11.9 Å². The highest BCUT2D eigenvalue weighted by Crippen LogP contribution is 2.21. The minimum atomic E-state index is 0.172. The maximum atomic E-state index is 5.68. The van der Waals surface area contributed by atoms with Crippen LogP contribution in [0.25, 0.3) is 0 Å². The number of aliphatic imine (C=N–C) groups is 1. The zero-order valence-corrected chi connectivity index (χ0v) is 9.52. The second-order valence-corrected chi connectivity index (χ2v) is 3.92. The number of nitrogens with zero attached hydrogens (tertiary/aromatic N) is 4. The molecule has 0 saturated heterocycles. The molecule has 5 nitrogen and oxygen atoms in total. The van der Waals surface area contributed by atoms with Gasteiger partial charge < -0.3 is 5.32 Å². The number of hydrogen-bond acceptors (Lipinski definition) is 5. The molecule has 0 saturated carbocycles. The first kappa shape index (κ1) is 10.2. The van der Waals surface area contributed by atoms with Crippen LogP contribution in [0.3, 0.4) is 0 Å². The topological polar surface area (TPSA) is 63.1 Å². The summed E-state index contributed by atoms with van der Waals surface area (Å²) < 4.78 is 0. The lowest BCUT2D eigenvalue weighted by molar-refractivity contribution is 1.05. The lowest BCUT2D eigenvalue weighted by Gasteiger charge is -2.05. The van der Waals surface area contributed by atoms with E-state index in [0.29, 0.717) is 5.95 Å². The summed E-state index contributed by atoms with van der Waals surface area (Å²) >= 11 is 5.68. The Kier molecular flexibility index (Phi) is 2.45. The van der Waals surface area contributed by atoms with E-state index in [2.05, 4.69) is 25.3 Å². The van der Waals surface area contributed by atoms with Crippen LogP contribution in [0.5, 0.6) is 0 Å². The summed E-state index contributed by atoms with van der Waals surface area (Å²) in [7, 11) is 0. The van der Waals surface area contributed by atoms with Crippen molar-refractivity contribution in [2.24, 2.45) is 4.99 Å². The highest BCUT2D eigenvalue weighted by molar-refractivity contribution is 6.28. The van der Waals surface area contributed by atoms with Crippen molar-refractivity contribution in [2.75, 3.05) is 5.32 Å². The van der Waals surface area contributed by atoms with Crippen LogP contribution in [0.15, 0.2) is 29.5 Å². The quantitative estimate of drug-likeness (QED) is 0.881. The number of rotatable bonds is 2. The van der Waals surface area contributed by atoms with Crippen molar-refractivity contribution in [3.63, 3.8) is 0 Å². The van der Waals surface area contributed by atoms with Crippen LogP contribution in [0.2, 0.25) is 5.28 Å². The SMILES string of the molecule is Clc1ncnc(Nc2ccc3c(c2)C=NC3)n1. The molecule has 0 fully saturated rings. The third kappa shape index (κ3) is 2.09. The summed E-state index contributed by atoms with van der Waals surface area (Å²) in [5.74, 6) is 0.430. The van der Waals surface area contributed by atoms with Gasteiger partial charge in [-0.1, -0.05) is 6.07 Å². The molecule has 6 heteroatoms. The minimum absolute atomic E-state index is 0.172. The van der Waals surface area contributed by atoms with Crippen LogP contribution in [-0.4, -0.2) is 21.2 Å². The molecule has 0 bridgehead atoms. The summed E-state index contributed by atoms with van der Waals surface area (Å²) in [4.78, 5) is 15.9. The maximum Gasteiger partial charge on any atom is 0.231 e. The molecule has 1 aliphatic rings. The third-order valence-electron chi connectivity index (χ3n) is 2.44. The van der Waals surface area contributed by atoms with Crippen molar-refractivity contribution in [3.05, 3.63) is 40.9 Å². The zero-order valence-electron chi connectivity index (χ0n) is 8.76. The van der Waals surface area contributed by atoms with Crippen LogP contribution >= 0.6 is 11.6 Å². The van der Waals surface area contributed by atoms with E-state index < -0.39 is 0 Å². The van der Waals surface area contributed by atoms with Crippen LogP contribution in [-0.2, 0) is 6.54 Å². The van der Waals surface area contributed by atoms with Crippen LogP contribution in [0.4, 0.5) is 11.6 Å². The average Bonchev–Trinajstić information content (AvgIpc) is 2.76. The summed E-state index contributed by atoms with van der Waals surface area (Å²) in [6.07, 6.45) is 3.23. The molecule has 2 aromatic rings. The van der Waals surface area contributed by atoms with Crippen molar-refractivity contribution in [1.82, 2.24) is 15.0 Å². The monoisotopic (exact) mass is 245 g/mol. The molecule has 0 atom stereocenters. The van der Waals surface area contributed by atoms with Crippen molar-refractivity contribution >= 4 is 29.5 Å². The average molecular weight is 246 g/mol. The van der Waals surface area contributed by atoms with Gasteiger partial charge in [0.1, 0.15) is 6.33 Å². The lowest BCUT2D eigenvalue weighted by Crippen LogP contribution is -1.98. The molecule has 3 rings (SSSR count). The van der Waals surface area contributed by atoms with Gasteiger partial charge in [-0.3, -0.25) is 4.99 Å². The number of nitrogens with one attached hydrogen (secondary N) is 1. The summed E-state index contributed by atoms with van der Waals surface area (Å²) in [5, 5.41) is 3.24. The molecule has 1 aromatic heterocycles. The zero-order chi connectivity index (χ0) is 11.7. The standard InChI is InChI=1S/C11H8ClN5/c12-10-14-6-15-11(17-10)16-9-2-1-7-4-13-5-8(7)3-9/h1-3,5-6H,4H2,(H,14,15,16,17). The molecule has 0 unspecified atom stereocenters. The van der Waals surface area contributed by atoms with E-state index in [0.717, 1.165) is 17.8 Å². The van der Waals surface area contributed by atoms with E-state index in [-0.39, 0.29) is 5.28 Å². The Labute approximate surface area is 103 Å². The van der Waals surface area contributed by atoms with Gasteiger partial charge in [0.25, 0.3) is 0 Å². The predicted molar refractivity (Wildman–Crippen MR) is 65.9 cm³/mol. The Balaban J connectivity index is 1.88. The molecule has 0 aliphatic carbocycles. The molecule has 17 heavy (non-hydrogen) atoms. The fraction of sp³-hybridized carbons (Fsp3) is 0.0909. The fourth-order valence-electron chi connectivity index (χ4n) is 1.64. The van der Waals surface area contributed by atoms with E-state index in [1.807, 2.05) is 24.4 Å². The molecule has 0 amide bonds. The lowest BCUT2D eigenvalue weighted by atomic mass is 10.1. The summed E-state index contributed by atoms with van der Waals surface area (Å²) in [6, 6.07) is 6.00. The Hall–Kier alpha value is -2.01. The Morgan fingerprint density at radius 3 is 3.06 bits per heavy atom. The van der Waals surface area contributed by atoms with E-state index >= 15 is 0 Å². The summed E-state index contributed by atoms with van der Waals surface area (Å²) in [6.45, 7) is 0.757. The first-order chi connectivity index (χ1) is 8.31. The van der Waals surface area contributed by atoms with Gasteiger partial charge in [0.15, 0.2) is 0 Å². The predicted octanol–water partition coefficient (Wildman–Crippen LogP) is 2.20. The number of benzene rings is 1. The van der Waals surface area contributed by atoms with Crippen molar-refractivity contribution in [1.29, 1.82) is 0 Å². The third-order valence-corrected chi connectivity index (χ3v) is 2.62. The Morgan fingerprint density at radius 2 is 2.18 bits per heavy atom. The highest BCUT2D eigenvalue weighted by Gasteiger charge is 2.07. The molecule has 1 aromatic carbocycles. The van der Waals surface area contributed by atoms with Crippen molar-refractivity contribution in [3.8, 4) is 0 Å². The largest absolute Gasteiger partial charge is 0.324 e. The van der Waals surface area contributed by atoms with Crippen molar-refractivity contribution < 1.29 is 0 Å². The van der Waals surface area contributed by atoms with Crippen molar-refractivity contribution in [2.45, 2.75) is 6.54 Å². The van der Waals surface area contributed by atoms with E-state index in [9.17, 15) is 0 Å². The molecule has 1 N–H and O–H groups in total. The number of halogens is 1. The van der Waals surface area contributed by atoms with Gasteiger partial charge in [0.2, 0.25) is 11.2 Å². The first-order valence-corrected chi connectivity index (χ1v) is 5.43. The smallest absolute Gasteiger partial charge is 0.231 e. The maximum absolute atomic E-state index is 5.68. The van der Waals surface area contributed by atoms with Gasteiger partial charge in [-0.25, -0.2) is 9.97 Å². The molecule has 2 heterocycles. The normalized spacial score (nSPS) is 12.5. The van der Waals surface area contributed by atoms with Crippen LogP contribution < -0.4 is 5.32 Å². The van der Waals surface area contributed by atoms with Gasteiger partial charge in [-0.05, 0) is 34.9 Å². The van der Waals surface area contributed by atoms with Crippen LogP contribution in [0, 0.1) is 0 Å². The van der Waals surface area contributed by atoms with Crippen LogP contribution in [0.1, 0.15) is 11.1 Å². The molecular weight excluding hydrogens is 238 g/mol.